The van der Waals surface area contributed by atoms with Gasteiger partial charge in [-0.25, -0.2) is 0 Å². The van der Waals surface area contributed by atoms with Gasteiger partial charge in [0.05, 0.1) is 0 Å². The zero-order valence-corrected chi connectivity index (χ0v) is 13.9. The van der Waals surface area contributed by atoms with Crippen molar-refractivity contribution in [2.45, 2.75) is 71.6 Å². The molecule has 3 heteroatoms. The van der Waals surface area contributed by atoms with Gasteiger partial charge in [-0.2, -0.15) is 0 Å². The van der Waals surface area contributed by atoms with E-state index < -0.39 is 0 Å². The minimum Gasteiger partial charge on any atom is -0.431 e. The highest BCUT2D eigenvalue weighted by atomic mass is 16.5. The summed E-state index contributed by atoms with van der Waals surface area (Å²) in [7, 11) is 0. The molecule has 2 aliphatic rings. The van der Waals surface area contributed by atoms with Crippen LogP contribution in [0.5, 0.6) is 0 Å². The first-order valence-corrected chi connectivity index (χ1v) is 8.69. The fourth-order valence-electron chi connectivity index (χ4n) is 3.63. The molecule has 2 atom stereocenters. The van der Waals surface area contributed by atoms with Crippen LogP contribution in [0, 0.1) is 11.8 Å². The minimum absolute atomic E-state index is 0.226. The average Bonchev–Trinajstić information content (AvgIpc) is 2.47. The molecule has 0 aromatic rings. The SMILES string of the molecule is CCCC(=O)CCCC1CC=C2C=C(OC(C)=O)CCC2C1. The van der Waals surface area contributed by atoms with Crippen molar-refractivity contribution in [2.75, 3.05) is 0 Å². The van der Waals surface area contributed by atoms with Crippen molar-refractivity contribution in [2.24, 2.45) is 11.8 Å². The van der Waals surface area contributed by atoms with E-state index in [1.165, 1.54) is 18.9 Å². The van der Waals surface area contributed by atoms with Crippen LogP contribution in [-0.4, -0.2) is 11.8 Å². The molecule has 3 nitrogen and oxygen atoms in total. The Bertz CT molecular complexity index is 473. The van der Waals surface area contributed by atoms with E-state index in [2.05, 4.69) is 19.1 Å². The van der Waals surface area contributed by atoms with E-state index in [0.717, 1.165) is 57.1 Å². The van der Waals surface area contributed by atoms with Gasteiger partial charge in [-0.15, -0.1) is 0 Å². The summed E-state index contributed by atoms with van der Waals surface area (Å²) >= 11 is 0. The molecule has 0 heterocycles. The maximum atomic E-state index is 11.6. The lowest BCUT2D eigenvalue weighted by Crippen LogP contribution is -2.19. The second kappa shape index (κ2) is 8.30. The summed E-state index contributed by atoms with van der Waals surface area (Å²) in [5, 5.41) is 0. The number of esters is 1. The predicted molar refractivity (Wildman–Crippen MR) is 87.1 cm³/mol. The number of fused-ring (bicyclic) bond motifs is 1. The normalized spacial score (nSPS) is 24.1. The van der Waals surface area contributed by atoms with E-state index in [4.69, 9.17) is 4.74 Å². The number of carbonyl (C=O) groups is 2. The van der Waals surface area contributed by atoms with Gasteiger partial charge in [-0.3, -0.25) is 9.59 Å². The van der Waals surface area contributed by atoms with Gasteiger partial charge < -0.3 is 4.74 Å². The van der Waals surface area contributed by atoms with Crippen LogP contribution < -0.4 is 0 Å². The first-order chi connectivity index (χ1) is 10.6. The van der Waals surface area contributed by atoms with E-state index in [1.807, 2.05) is 0 Å². The highest BCUT2D eigenvalue weighted by Gasteiger charge is 2.27. The second-order valence-corrected chi connectivity index (χ2v) is 6.66. The van der Waals surface area contributed by atoms with Gasteiger partial charge in [0.15, 0.2) is 0 Å². The number of hydrogen-bond donors (Lipinski definition) is 0. The van der Waals surface area contributed by atoms with Crippen LogP contribution in [0.15, 0.2) is 23.5 Å². The smallest absolute Gasteiger partial charge is 0.307 e. The third-order valence-corrected chi connectivity index (χ3v) is 4.71. The second-order valence-electron chi connectivity index (χ2n) is 6.66. The number of Topliss-reactive ketones (excluding diaryl/α,β-unsaturated/α-hetero) is 1. The van der Waals surface area contributed by atoms with Crippen molar-refractivity contribution >= 4 is 11.8 Å². The molecule has 2 unspecified atom stereocenters. The van der Waals surface area contributed by atoms with Gasteiger partial charge in [-0.05, 0) is 62.0 Å². The van der Waals surface area contributed by atoms with Crippen LogP contribution in [0.4, 0.5) is 0 Å². The maximum Gasteiger partial charge on any atom is 0.307 e. The molecule has 22 heavy (non-hydrogen) atoms. The molecule has 0 spiro atoms. The molecular weight excluding hydrogens is 276 g/mol. The van der Waals surface area contributed by atoms with Gasteiger partial charge in [0.25, 0.3) is 0 Å². The lowest BCUT2D eigenvalue weighted by atomic mass is 9.74. The van der Waals surface area contributed by atoms with Crippen molar-refractivity contribution in [1.29, 1.82) is 0 Å². The van der Waals surface area contributed by atoms with Crippen LogP contribution in [0.1, 0.15) is 71.6 Å². The highest BCUT2D eigenvalue weighted by Crippen LogP contribution is 2.39. The Morgan fingerprint density at radius 2 is 2.14 bits per heavy atom. The van der Waals surface area contributed by atoms with E-state index in [0.29, 0.717) is 17.6 Å². The molecule has 0 fully saturated rings. The molecule has 0 N–H and O–H groups in total. The van der Waals surface area contributed by atoms with Gasteiger partial charge in [-0.1, -0.05) is 13.0 Å². The molecule has 0 aliphatic heterocycles. The van der Waals surface area contributed by atoms with Crippen LogP contribution in [-0.2, 0) is 14.3 Å². The van der Waals surface area contributed by atoms with Gasteiger partial charge in [0.2, 0.25) is 0 Å². The average molecular weight is 304 g/mol. The number of ketones is 1. The lowest BCUT2D eigenvalue weighted by molar-refractivity contribution is -0.137. The Morgan fingerprint density at radius 3 is 2.86 bits per heavy atom. The molecule has 0 aromatic carbocycles. The fraction of sp³-hybridized carbons (Fsp3) is 0.684. The molecule has 2 aliphatic carbocycles. The van der Waals surface area contributed by atoms with Crippen LogP contribution in [0.3, 0.4) is 0 Å². The molecular formula is C19H28O3. The van der Waals surface area contributed by atoms with Crippen molar-refractivity contribution in [3.63, 3.8) is 0 Å². The molecule has 2 rings (SSSR count). The summed E-state index contributed by atoms with van der Waals surface area (Å²) in [6.07, 6.45) is 13.3. The first kappa shape index (κ1) is 17.0. The van der Waals surface area contributed by atoms with E-state index in [1.54, 1.807) is 0 Å². The highest BCUT2D eigenvalue weighted by molar-refractivity contribution is 5.78. The summed E-state index contributed by atoms with van der Waals surface area (Å²) < 4.78 is 5.23. The van der Waals surface area contributed by atoms with Crippen molar-refractivity contribution in [3.8, 4) is 0 Å². The van der Waals surface area contributed by atoms with Gasteiger partial charge in [0, 0.05) is 26.2 Å². The molecule has 122 valence electrons. The van der Waals surface area contributed by atoms with E-state index in [-0.39, 0.29) is 5.97 Å². The molecule has 0 bridgehead atoms. The van der Waals surface area contributed by atoms with Crippen molar-refractivity contribution < 1.29 is 14.3 Å². The topological polar surface area (TPSA) is 43.4 Å². The Labute approximate surface area is 133 Å². The molecule has 0 saturated heterocycles. The number of carbonyl (C=O) groups excluding carboxylic acids is 2. The number of ether oxygens (including phenoxy) is 1. The molecule has 0 radical (unpaired) electrons. The summed E-state index contributed by atoms with van der Waals surface area (Å²) in [6, 6.07) is 0. The monoisotopic (exact) mass is 304 g/mol. The molecule has 0 amide bonds. The summed E-state index contributed by atoms with van der Waals surface area (Å²) in [5.74, 6) is 2.34. The zero-order chi connectivity index (χ0) is 15.9. The largest absolute Gasteiger partial charge is 0.431 e. The fourth-order valence-corrected chi connectivity index (χ4v) is 3.63. The summed E-state index contributed by atoms with van der Waals surface area (Å²) in [4.78, 5) is 22.6. The van der Waals surface area contributed by atoms with Crippen molar-refractivity contribution in [1.82, 2.24) is 0 Å². The third-order valence-electron chi connectivity index (χ3n) is 4.71. The number of hydrogen-bond acceptors (Lipinski definition) is 3. The van der Waals surface area contributed by atoms with Crippen LogP contribution in [0.25, 0.3) is 0 Å². The Balaban J connectivity index is 1.80. The summed E-state index contributed by atoms with van der Waals surface area (Å²) in [6.45, 7) is 3.52. The number of allylic oxidation sites excluding steroid dienone is 4. The maximum absolute atomic E-state index is 11.6. The quantitative estimate of drug-likeness (QED) is 0.639. The Kier molecular flexibility index (Phi) is 6.41. The minimum atomic E-state index is -0.226. The van der Waals surface area contributed by atoms with Crippen molar-refractivity contribution in [3.05, 3.63) is 23.5 Å². The molecule has 0 saturated carbocycles. The van der Waals surface area contributed by atoms with Crippen LogP contribution >= 0.6 is 0 Å². The summed E-state index contributed by atoms with van der Waals surface area (Å²) in [5.41, 5.74) is 1.35. The van der Waals surface area contributed by atoms with Gasteiger partial charge in [0.1, 0.15) is 11.5 Å². The number of rotatable bonds is 7. The lowest BCUT2D eigenvalue weighted by Gasteiger charge is -2.32. The van der Waals surface area contributed by atoms with E-state index in [9.17, 15) is 9.59 Å². The Hall–Kier alpha value is -1.38. The molecule has 0 aromatic heterocycles. The Morgan fingerprint density at radius 1 is 1.32 bits per heavy atom. The van der Waals surface area contributed by atoms with Gasteiger partial charge >= 0.3 is 5.97 Å². The predicted octanol–water partition coefficient (Wildman–Crippen LogP) is 4.72. The third kappa shape index (κ3) is 5.11. The first-order valence-electron chi connectivity index (χ1n) is 8.69. The standard InChI is InChI=1S/C19H28O3/c1-3-5-18(21)7-4-6-15-8-9-17-13-19(22-14(2)20)11-10-16(17)12-15/h9,13,15-16H,3-8,10-12H2,1-2H3. The van der Waals surface area contributed by atoms with E-state index >= 15 is 0 Å². The van der Waals surface area contributed by atoms with Crippen LogP contribution in [0.2, 0.25) is 0 Å². The zero-order valence-electron chi connectivity index (χ0n) is 13.9.